The summed E-state index contributed by atoms with van der Waals surface area (Å²) in [7, 11) is 0. The molecule has 0 spiro atoms. The molecule has 3 amide bonds. The maximum absolute atomic E-state index is 12.6. The van der Waals surface area contributed by atoms with E-state index in [9.17, 15) is 9.59 Å². The van der Waals surface area contributed by atoms with Crippen LogP contribution < -0.4 is 10.2 Å². The second-order valence-electron chi connectivity index (χ2n) is 5.45. The van der Waals surface area contributed by atoms with Gasteiger partial charge in [0.25, 0.3) is 0 Å². The van der Waals surface area contributed by atoms with Gasteiger partial charge in [-0.1, -0.05) is 30.9 Å². The summed E-state index contributed by atoms with van der Waals surface area (Å²) >= 11 is 5.85. The van der Waals surface area contributed by atoms with E-state index >= 15 is 0 Å². The Bertz CT molecular complexity index is 529. The lowest BCUT2D eigenvalue weighted by Crippen LogP contribution is -2.60. The third kappa shape index (κ3) is 2.40. The lowest BCUT2D eigenvalue weighted by Gasteiger charge is -2.36. The van der Waals surface area contributed by atoms with Crippen molar-refractivity contribution < 1.29 is 9.59 Å². The number of carbonyl (C=O) groups excluding carboxylic acids is 2. The molecule has 3 rings (SSSR count). The molecular formula is C15H17ClN2O2. The molecule has 2 aliphatic rings. The fourth-order valence-corrected chi connectivity index (χ4v) is 3.23. The highest BCUT2D eigenvalue weighted by molar-refractivity contribution is 6.30. The summed E-state index contributed by atoms with van der Waals surface area (Å²) in [5, 5.41) is 3.57. The van der Waals surface area contributed by atoms with Crippen LogP contribution in [0.15, 0.2) is 24.3 Å². The number of rotatable bonds is 1. The summed E-state index contributed by atoms with van der Waals surface area (Å²) in [6, 6.07) is 6.47. The predicted molar refractivity (Wildman–Crippen MR) is 77.8 cm³/mol. The van der Waals surface area contributed by atoms with Gasteiger partial charge in [-0.2, -0.15) is 0 Å². The van der Waals surface area contributed by atoms with Crippen molar-refractivity contribution >= 4 is 29.2 Å². The van der Waals surface area contributed by atoms with Crippen molar-refractivity contribution in [1.82, 2.24) is 5.32 Å². The summed E-state index contributed by atoms with van der Waals surface area (Å²) in [5.74, 6) is -0.172. The molecule has 1 saturated heterocycles. The molecule has 2 unspecified atom stereocenters. The fourth-order valence-electron chi connectivity index (χ4n) is 3.10. The van der Waals surface area contributed by atoms with Crippen LogP contribution in [0.5, 0.6) is 0 Å². The number of fused-ring (bicyclic) bond motifs is 1. The van der Waals surface area contributed by atoms with Gasteiger partial charge in [0.15, 0.2) is 0 Å². The van der Waals surface area contributed by atoms with Gasteiger partial charge in [-0.05, 0) is 37.1 Å². The normalized spacial score (nSPS) is 26.8. The highest BCUT2D eigenvalue weighted by Gasteiger charge is 2.41. The van der Waals surface area contributed by atoms with Crippen molar-refractivity contribution in [3.05, 3.63) is 29.3 Å². The summed E-state index contributed by atoms with van der Waals surface area (Å²) < 4.78 is 0. The largest absolute Gasteiger partial charge is 0.334 e. The average Bonchev–Trinajstić information content (AvgIpc) is 2.66. The molecule has 2 fully saturated rings. The SMILES string of the molecule is O=C1NC2CCCCCC2C(=O)N1c1ccc(Cl)cc1. The number of hydrogen-bond acceptors (Lipinski definition) is 2. The molecule has 5 heteroatoms. The van der Waals surface area contributed by atoms with E-state index in [0.717, 1.165) is 32.1 Å². The van der Waals surface area contributed by atoms with Gasteiger partial charge >= 0.3 is 6.03 Å². The molecule has 1 aliphatic carbocycles. The first-order valence-corrected chi connectivity index (χ1v) is 7.44. The van der Waals surface area contributed by atoms with Crippen molar-refractivity contribution in [2.75, 3.05) is 4.90 Å². The second kappa shape index (κ2) is 5.44. The molecule has 0 radical (unpaired) electrons. The van der Waals surface area contributed by atoms with Gasteiger partial charge in [0.2, 0.25) is 5.91 Å². The van der Waals surface area contributed by atoms with Gasteiger partial charge in [-0.15, -0.1) is 0 Å². The number of benzene rings is 1. The molecule has 20 heavy (non-hydrogen) atoms. The van der Waals surface area contributed by atoms with Crippen LogP contribution in [0.3, 0.4) is 0 Å². The predicted octanol–water partition coefficient (Wildman–Crippen LogP) is 3.35. The number of halogens is 1. The zero-order valence-corrected chi connectivity index (χ0v) is 11.9. The maximum Gasteiger partial charge on any atom is 0.328 e. The molecule has 1 aromatic rings. The second-order valence-corrected chi connectivity index (χ2v) is 5.89. The number of anilines is 1. The minimum atomic E-state index is -0.319. The monoisotopic (exact) mass is 292 g/mol. The molecule has 1 N–H and O–H groups in total. The van der Waals surface area contributed by atoms with Crippen molar-refractivity contribution in [2.24, 2.45) is 5.92 Å². The Morgan fingerprint density at radius 1 is 1.05 bits per heavy atom. The molecule has 1 aromatic carbocycles. The fraction of sp³-hybridized carbons (Fsp3) is 0.467. The molecule has 106 valence electrons. The number of nitrogens with zero attached hydrogens (tertiary/aromatic N) is 1. The highest BCUT2D eigenvalue weighted by Crippen LogP contribution is 2.31. The van der Waals surface area contributed by atoms with E-state index in [4.69, 9.17) is 11.6 Å². The van der Waals surface area contributed by atoms with Crippen LogP contribution in [0.1, 0.15) is 32.1 Å². The van der Waals surface area contributed by atoms with Crippen LogP contribution in [0.2, 0.25) is 5.02 Å². The quantitative estimate of drug-likeness (QED) is 0.863. The molecule has 1 aliphatic heterocycles. The van der Waals surface area contributed by atoms with E-state index in [0.29, 0.717) is 10.7 Å². The third-order valence-corrected chi connectivity index (χ3v) is 4.40. The van der Waals surface area contributed by atoms with Crippen LogP contribution >= 0.6 is 11.6 Å². The Balaban J connectivity index is 1.89. The van der Waals surface area contributed by atoms with Gasteiger partial charge in [-0.25, -0.2) is 9.69 Å². The van der Waals surface area contributed by atoms with E-state index in [-0.39, 0.29) is 23.9 Å². The molecule has 0 bridgehead atoms. The average molecular weight is 293 g/mol. The Hall–Kier alpha value is -1.55. The lowest BCUT2D eigenvalue weighted by molar-refractivity contribution is -0.123. The van der Waals surface area contributed by atoms with Gasteiger partial charge in [0.05, 0.1) is 11.6 Å². The first kappa shape index (κ1) is 13.4. The molecular weight excluding hydrogens is 276 g/mol. The van der Waals surface area contributed by atoms with Gasteiger partial charge in [0.1, 0.15) is 0 Å². The smallest absolute Gasteiger partial charge is 0.328 e. The number of urea groups is 1. The van der Waals surface area contributed by atoms with Crippen LogP contribution in [-0.4, -0.2) is 18.0 Å². The van der Waals surface area contributed by atoms with Gasteiger partial charge < -0.3 is 5.32 Å². The van der Waals surface area contributed by atoms with Crippen molar-refractivity contribution in [2.45, 2.75) is 38.1 Å². The van der Waals surface area contributed by atoms with Gasteiger partial charge in [0, 0.05) is 11.1 Å². The van der Waals surface area contributed by atoms with Crippen LogP contribution in [0.4, 0.5) is 10.5 Å². The van der Waals surface area contributed by atoms with E-state index in [1.165, 1.54) is 4.90 Å². The van der Waals surface area contributed by atoms with Crippen molar-refractivity contribution in [3.63, 3.8) is 0 Å². The maximum atomic E-state index is 12.6. The number of amides is 3. The van der Waals surface area contributed by atoms with E-state index in [1.54, 1.807) is 24.3 Å². The first-order valence-electron chi connectivity index (χ1n) is 7.07. The van der Waals surface area contributed by atoms with Crippen LogP contribution in [0.25, 0.3) is 0 Å². The zero-order chi connectivity index (χ0) is 14.1. The summed E-state index contributed by atoms with van der Waals surface area (Å²) in [4.78, 5) is 26.1. The van der Waals surface area contributed by atoms with Crippen LogP contribution in [0, 0.1) is 5.92 Å². The Morgan fingerprint density at radius 3 is 2.50 bits per heavy atom. The minimum Gasteiger partial charge on any atom is -0.334 e. The molecule has 4 nitrogen and oxygen atoms in total. The standard InChI is InChI=1S/C15H17ClN2O2/c16-10-6-8-11(9-7-10)18-14(19)12-4-2-1-3-5-13(12)17-15(18)20/h6-9,12-13H,1-5H2,(H,17,20). The number of imide groups is 1. The number of carbonyl (C=O) groups is 2. The molecule has 1 heterocycles. The molecule has 1 saturated carbocycles. The van der Waals surface area contributed by atoms with Crippen LogP contribution in [-0.2, 0) is 4.79 Å². The Labute approximate surface area is 123 Å². The number of hydrogen-bond donors (Lipinski definition) is 1. The highest BCUT2D eigenvalue weighted by atomic mass is 35.5. The number of nitrogens with one attached hydrogen (secondary N) is 1. The Morgan fingerprint density at radius 2 is 1.75 bits per heavy atom. The Kier molecular flexibility index (Phi) is 3.66. The minimum absolute atomic E-state index is 0.000972. The summed E-state index contributed by atoms with van der Waals surface area (Å²) in [6.45, 7) is 0. The van der Waals surface area contributed by atoms with E-state index < -0.39 is 0 Å². The first-order chi connectivity index (χ1) is 9.66. The summed E-state index contributed by atoms with van der Waals surface area (Å²) in [5.41, 5.74) is 0.583. The molecule has 0 aromatic heterocycles. The van der Waals surface area contributed by atoms with Gasteiger partial charge in [-0.3, -0.25) is 4.79 Å². The zero-order valence-electron chi connectivity index (χ0n) is 11.1. The van der Waals surface area contributed by atoms with Crippen molar-refractivity contribution in [1.29, 1.82) is 0 Å². The lowest BCUT2D eigenvalue weighted by atomic mass is 9.91. The third-order valence-electron chi connectivity index (χ3n) is 4.15. The topological polar surface area (TPSA) is 49.4 Å². The van der Waals surface area contributed by atoms with E-state index in [1.807, 2.05) is 0 Å². The summed E-state index contributed by atoms with van der Waals surface area (Å²) in [6.07, 6.45) is 5.02. The molecule has 2 atom stereocenters. The van der Waals surface area contributed by atoms with E-state index in [2.05, 4.69) is 5.32 Å². The van der Waals surface area contributed by atoms with Crippen molar-refractivity contribution in [3.8, 4) is 0 Å².